The molecule has 0 radical (unpaired) electrons. The Morgan fingerprint density at radius 3 is 3.00 bits per heavy atom. The number of aromatic amines is 1. The zero-order chi connectivity index (χ0) is 18.6. The monoisotopic (exact) mass is 364 g/mol. The average Bonchev–Trinajstić information content (AvgIpc) is 3.21. The first kappa shape index (κ1) is 17.3. The average molecular weight is 364 g/mol. The van der Waals surface area contributed by atoms with Crippen molar-refractivity contribution in [3.8, 4) is 0 Å². The molecule has 27 heavy (non-hydrogen) atoms. The minimum absolute atomic E-state index is 0.0974. The lowest BCUT2D eigenvalue weighted by atomic mass is 10.0. The number of hydrogen-bond acceptors (Lipinski definition) is 5. The van der Waals surface area contributed by atoms with Crippen molar-refractivity contribution in [2.24, 2.45) is 0 Å². The van der Waals surface area contributed by atoms with E-state index in [2.05, 4.69) is 25.2 Å². The molecule has 1 atom stereocenters. The molecule has 0 spiro atoms. The lowest BCUT2D eigenvalue weighted by molar-refractivity contribution is -0.130. The minimum atomic E-state index is 0.0974. The van der Waals surface area contributed by atoms with E-state index in [1.54, 1.807) is 6.33 Å². The van der Waals surface area contributed by atoms with E-state index in [0.717, 1.165) is 48.5 Å². The fraction of sp³-hybridized carbons (Fsp3) is 0.350. The summed E-state index contributed by atoms with van der Waals surface area (Å²) in [4.78, 5) is 28.7. The number of fused-ring (bicyclic) bond motifs is 1. The van der Waals surface area contributed by atoms with Crippen molar-refractivity contribution in [1.29, 1.82) is 0 Å². The zero-order valence-corrected chi connectivity index (χ0v) is 15.4. The lowest BCUT2D eigenvalue weighted by Crippen LogP contribution is -2.50. The first-order valence-electron chi connectivity index (χ1n) is 9.30. The topological polar surface area (TPSA) is 77.2 Å². The number of hydrogen-bond donors (Lipinski definition) is 2. The predicted octanol–water partition coefficient (Wildman–Crippen LogP) is 2.50. The van der Waals surface area contributed by atoms with Crippen molar-refractivity contribution in [2.75, 3.05) is 36.9 Å². The second kappa shape index (κ2) is 7.65. The molecule has 7 heteroatoms. The fourth-order valence-corrected chi connectivity index (χ4v) is 3.64. The maximum absolute atomic E-state index is 12.6. The van der Waals surface area contributed by atoms with Gasteiger partial charge in [-0.15, -0.1) is 0 Å². The molecule has 7 nitrogen and oxygen atoms in total. The zero-order valence-electron chi connectivity index (χ0n) is 15.4. The van der Waals surface area contributed by atoms with Crippen LogP contribution in [0.15, 0.2) is 48.9 Å². The highest BCUT2D eigenvalue weighted by atomic mass is 16.2. The molecule has 3 aromatic rings. The van der Waals surface area contributed by atoms with Crippen molar-refractivity contribution in [1.82, 2.24) is 19.9 Å². The summed E-state index contributed by atoms with van der Waals surface area (Å²) in [6.45, 7) is 2.02. The number of nitrogens with zero attached hydrogens (tertiary/aromatic N) is 4. The van der Waals surface area contributed by atoms with Crippen molar-refractivity contribution in [3.05, 3.63) is 48.9 Å². The fourth-order valence-electron chi connectivity index (χ4n) is 3.64. The lowest BCUT2D eigenvalue weighted by Gasteiger charge is -2.38. The largest absolute Gasteiger partial charge is 0.376 e. The SMILES string of the molecule is CN(C(=O)CNc1ccccc1)[C@H]1CCCN(c2ncnc3[nH]ccc23)C1. The van der Waals surface area contributed by atoms with E-state index in [0.29, 0.717) is 6.54 Å². The summed E-state index contributed by atoms with van der Waals surface area (Å²) in [5.41, 5.74) is 1.80. The summed E-state index contributed by atoms with van der Waals surface area (Å²) in [6.07, 6.45) is 5.52. The normalized spacial score (nSPS) is 17.1. The summed E-state index contributed by atoms with van der Waals surface area (Å²) < 4.78 is 0. The molecular formula is C20H24N6O. The predicted molar refractivity (Wildman–Crippen MR) is 107 cm³/mol. The smallest absolute Gasteiger partial charge is 0.241 e. The van der Waals surface area contributed by atoms with E-state index in [1.165, 1.54) is 0 Å². The second-order valence-electron chi connectivity index (χ2n) is 6.90. The first-order chi connectivity index (χ1) is 13.2. The van der Waals surface area contributed by atoms with Gasteiger partial charge in [-0.2, -0.15) is 0 Å². The molecule has 1 aliphatic rings. The Balaban J connectivity index is 1.41. The third-order valence-electron chi connectivity index (χ3n) is 5.19. The number of para-hydroxylation sites is 1. The third kappa shape index (κ3) is 3.72. The summed E-state index contributed by atoms with van der Waals surface area (Å²) in [5.74, 6) is 1.04. The van der Waals surface area contributed by atoms with Gasteiger partial charge in [-0.25, -0.2) is 9.97 Å². The number of amides is 1. The molecule has 140 valence electrons. The van der Waals surface area contributed by atoms with Gasteiger partial charge < -0.3 is 20.1 Å². The van der Waals surface area contributed by atoms with Gasteiger partial charge in [0.25, 0.3) is 0 Å². The summed E-state index contributed by atoms with van der Waals surface area (Å²) in [6, 6.07) is 12.0. The Morgan fingerprint density at radius 1 is 1.30 bits per heavy atom. The van der Waals surface area contributed by atoms with Crippen LogP contribution in [0.4, 0.5) is 11.5 Å². The number of aromatic nitrogens is 3. The van der Waals surface area contributed by atoms with Crippen LogP contribution >= 0.6 is 0 Å². The molecule has 0 aliphatic carbocycles. The van der Waals surface area contributed by atoms with Crippen LogP contribution in [-0.4, -0.2) is 58.5 Å². The highest BCUT2D eigenvalue weighted by molar-refractivity contribution is 5.87. The summed E-state index contributed by atoms with van der Waals surface area (Å²) in [7, 11) is 1.90. The van der Waals surface area contributed by atoms with E-state index >= 15 is 0 Å². The number of piperidine rings is 1. The molecule has 3 heterocycles. The number of H-pyrrole nitrogens is 1. The van der Waals surface area contributed by atoms with Crippen LogP contribution in [0.25, 0.3) is 11.0 Å². The Kier molecular flexibility index (Phi) is 4.91. The molecule has 2 N–H and O–H groups in total. The highest BCUT2D eigenvalue weighted by Gasteiger charge is 2.27. The van der Waals surface area contributed by atoms with E-state index in [9.17, 15) is 4.79 Å². The number of likely N-dealkylation sites (N-methyl/N-ethyl adjacent to an activating group) is 1. The Bertz CT molecular complexity index is 909. The maximum atomic E-state index is 12.6. The minimum Gasteiger partial charge on any atom is -0.376 e. The van der Waals surface area contributed by atoms with Crippen LogP contribution in [0.3, 0.4) is 0 Å². The van der Waals surface area contributed by atoms with Crippen LogP contribution in [-0.2, 0) is 4.79 Å². The molecule has 2 aromatic heterocycles. The van der Waals surface area contributed by atoms with E-state index in [1.807, 2.05) is 54.5 Å². The molecule has 0 saturated carbocycles. The van der Waals surface area contributed by atoms with Gasteiger partial charge in [0.2, 0.25) is 5.91 Å². The van der Waals surface area contributed by atoms with Gasteiger partial charge in [0.05, 0.1) is 11.9 Å². The third-order valence-corrected chi connectivity index (χ3v) is 5.19. The molecule has 1 fully saturated rings. The van der Waals surface area contributed by atoms with E-state index in [4.69, 9.17) is 0 Å². The van der Waals surface area contributed by atoms with Gasteiger partial charge in [-0.05, 0) is 31.0 Å². The Morgan fingerprint density at radius 2 is 2.15 bits per heavy atom. The van der Waals surface area contributed by atoms with Crippen LogP contribution in [0.5, 0.6) is 0 Å². The van der Waals surface area contributed by atoms with Crippen molar-refractivity contribution >= 4 is 28.4 Å². The van der Waals surface area contributed by atoms with Gasteiger partial charge in [-0.1, -0.05) is 18.2 Å². The van der Waals surface area contributed by atoms with Gasteiger partial charge in [0.15, 0.2) is 0 Å². The number of benzene rings is 1. The van der Waals surface area contributed by atoms with Crippen molar-refractivity contribution in [2.45, 2.75) is 18.9 Å². The van der Waals surface area contributed by atoms with Crippen LogP contribution < -0.4 is 10.2 Å². The quantitative estimate of drug-likeness (QED) is 0.727. The van der Waals surface area contributed by atoms with Gasteiger partial charge in [0.1, 0.15) is 17.8 Å². The molecule has 4 rings (SSSR count). The van der Waals surface area contributed by atoms with E-state index in [-0.39, 0.29) is 11.9 Å². The standard InChI is InChI=1S/C20H24N6O/c1-25(18(27)12-22-15-6-3-2-4-7-15)16-8-5-11-26(13-16)20-17-9-10-21-19(17)23-14-24-20/h2-4,6-7,9-10,14,16,22H,5,8,11-13H2,1H3,(H,21,23,24)/t16-/m0/s1. The summed E-state index contributed by atoms with van der Waals surface area (Å²) >= 11 is 0. The molecule has 1 aromatic carbocycles. The number of carbonyl (C=O) groups excluding carboxylic acids is 1. The number of rotatable bonds is 5. The molecular weight excluding hydrogens is 340 g/mol. The van der Waals surface area contributed by atoms with Crippen LogP contribution in [0.1, 0.15) is 12.8 Å². The maximum Gasteiger partial charge on any atom is 0.241 e. The van der Waals surface area contributed by atoms with Crippen LogP contribution in [0.2, 0.25) is 0 Å². The molecule has 0 unspecified atom stereocenters. The number of anilines is 2. The van der Waals surface area contributed by atoms with Crippen LogP contribution in [0, 0.1) is 0 Å². The first-order valence-corrected chi connectivity index (χ1v) is 9.30. The number of carbonyl (C=O) groups is 1. The van der Waals surface area contributed by atoms with Gasteiger partial charge in [-0.3, -0.25) is 4.79 Å². The molecule has 1 aliphatic heterocycles. The molecule has 0 bridgehead atoms. The molecule has 1 amide bonds. The highest BCUT2D eigenvalue weighted by Crippen LogP contribution is 2.26. The van der Waals surface area contributed by atoms with E-state index < -0.39 is 0 Å². The molecule has 1 saturated heterocycles. The van der Waals surface area contributed by atoms with Gasteiger partial charge >= 0.3 is 0 Å². The van der Waals surface area contributed by atoms with Crippen molar-refractivity contribution < 1.29 is 4.79 Å². The second-order valence-corrected chi connectivity index (χ2v) is 6.90. The van der Waals surface area contributed by atoms with Gasteiger partial charge in [0, 0.05) is 38.1 Å². The number of nitrogens with one attached hydrogen (secondary N) is 2. The summed E-state index contributed by atoms with van der Waals surface area (Å²) in [5, 5.41) is 4.22. The Labute approximate surface area is 158 Å². The Hall–Kier alpha value is -3.09. The van der Waals surface area contributed by atoms with Crippen molar-refractivity contribution in [3.63, 3.8) is 0 Å².